The Hall–Kier alpha value is -6.38. The summed E-state index contributed by atoms with van der Waals surface area (Å²) in [5, 5.41) is 6.06. The van der Waals surface area contributed by atoms with Crippen LogP contribution in [0.1, 0.15) is 26.3 Å². The van der Waals surface area contributed by atoms with E-state index in [1.807, 2.05) is 6.07 Å². The molecule has 0 N–H and O–H groups in total. The summed E-state index contributed by atoms with van der Waals surface area (Å²) in [5.41, 5.74) is 11.2. The molecule has 0 saturated carbocycles. The zero-order valence-electron chi connectivity index (χ0n) is 29.7. The topological polar surface area (TPSA) is 16.4 Å². The van der Waals surface area contributed by atoms with Crippen LogP contribution < -0.4 is 4.90 Å². The molecule has 52 heavy (non-hydrogen) atoms. The van der Waals surface area contributed by atoms with Crippen LogP contribution in [0.3, 0.4) is 0 Å². The average Bonchev–Trinajstić information content (AvgIpc) is 3.60. The van der Waals surface area contributed by atoms with Gasteiger partial charge in [0.05, 0.1) is 5.69 Å². The van der Waals surface area contributed by atoms with Crippen molar-refractivity contribution in [3.8, 4) is 33.6 Å². The lowest BCUT2D eigenvalue weighted by atomic mass is 9.83. The maximum Gasteiger partial charge on any atom is 0.139 e. The molecule has 2 nitrogen and oxygen atoms in total. The van der Waals surface area contributed by atoms with Crippen LogP contribution in [0.4, 0.5) is 17.1 Å². The summed E-state index contributed by atoms with van der Waals surface area (Å²) in [6.45, 7) is 6.80. The van der Waals surface area contributed by atoms with Gasteiger partial charge in [-0.1, -0.05) is 160 Å². The second-order valence-corrected chi connectivity index (χ2v) is 14.6. The van der Waals surface area contributed by atoms with Gasteiger partial charge in [-0.2, -0.15) is 0 Å². The summed E-state index contributed by atoms with van der Waals surface area (Å²) in [5.74, 6) is 0.924. The van der Waals surface area contributed by atoms with E-state index in [-0.39, 0.29) is 5.41 Å². The normalized spacial score (nSPS) is 11.8. The van der Waals surface area contributed by atoms with Crippen LogP contribution in [0.2, 0.25) is 0 Å². The first-order valence-electron chi connectivity index (χ1n) is 18.0. The first kappa shape index (κ1) is 31.6. The number of hydrogen-bond donors (Lipinski definition) is 0. The predicted molar refractivity (Wildman–Crippen MR) is 221 cm³/mol. The first-order valence-corrected chi connectivity index (χ1v) is 18.0. The number of rotatable bonds is 6. The molecule has 2 heteroatoms. The van der Waals surface area contributed by atoms with E-state index in [0.29, 0.717) is 0 Å². The monoisotopic (exact) mass is 669 g/mol. The molecule has 0 radical (unpaired) electrons. The Kier molecular flexibility index (Phi) is 7.74. The number of benzene rings is 8. The zero-order chi connectivity index (χ0) is 35.2. The van der Waals surface area contributed by atoms with Crippen molar-refractivity contribution in [1.29, 1.82) is 0 Å². The molecular weight excluding hydrogens is 631 g/mol. The van der Waals surface area contributed by atoms with Gasteiger partial charge in [-0.25, -0.2) is 0 Å². The molecule has 0 fully saturated rings. The SMILES string of the molecule is CC(C)(C)c1c(-c2cccc(N(c3ccc(-c4cccc(-c5ccccc5)c4)cc3)c3cc4ccccc4c4ccccc34)c2)oc2ccccc12. The molecule has 1 heterocycles. The summed E-state index contributed by atoms with van der Waals surface area (Å²) < 4.78 is 6.67. The molecule has 0 aliphatic heterocycles. The summed E-state index contributed by atoms with van der Waals surface area (Å²) in [4.78, 5) is 2.40. The molecular formula is C50H39NO. The quantitative estimate of drug-likeness (QED) is 0.164. The molecule has 9 aromatic rings. The van der Waals surface area contributed by atoms with E-state index in [4.69, 9.17) is 4.42 Å². The molecule has 0 bridgehead atoms. The molecule has 0 unspecified atom stereocenters. The minimum absolute atomic E-state index is 0.111. The van der Waals surface area contributed by atoms with Crippen molar-refractivity contribution in [2.75, 3.05) is 4.90 Å². The van der Waals surface area contributed by atoms with Gasteiger partial charge in [0, 0.05) is 33.3 Å². The average molecular weight is 670 g/mol. The van der Waals surface area contributed by atoms with Crippen LogP contribution in [0.5, 0.6) is 0 Å². The summed E-state index contributed by atoms with van der Waals surface area (Å²) in [6.07, 6.45) is 0. The zero-order valence-corrected chi connectivity index (χ0v) is 29.7. The van der Waals surface area contributed by atoms with E-state index in [1.54, 1.807) is 0 Å². The minimum atomic E-state index is -0.111. The highest BCUT2D eigenvalue weighted by Gasteiger charge is 2.27. The maximum absolute atomic E-state index is 6.67. The largest absolute Gasteiger partial charge is 0.456 e. The molecule has 0 aliphatic carbocycles. The van der Waals surface area contributed by atoms with E-state index in [9.17, 15) is 0 Å². The molecule has 1 aromatic heterocycles. The molecule has 0 aliphatic rings. The Morgan fingerprint density at radius 1 is 0.404 bits per heavy atom. The second-order valence-electron chi connectivity index (χ2n) is 14.6. The number of furan rings is 1. The molecule has 0 amide bonds. The van der Waals surface area contributed by atoms with Crippen LogP contribution in [0.25, 0.3) is 66.1 Å². The first-order chi connectivity index (χ1) is 25.4. The molecule has 0 spiro atoms. The van der Waals surface area contributed by atoms with E-state index in [2.05, 4.69) is 202 Å². The summed E-state index contributed by atoms with van der Waals surface area (Å²) in [7, 11) is 0. The van der Waals surface area contributed by atoms with E-state index in [1.165, 1.54) is 54.7 Å². The van der Waals surface area contributed by atoms with Crippen LogP contribution in [-0.4, -0.2) is 0 Å². The van der Waals surface area contributed by atoms with Gasteiger partial charge in [0.1, 0.15) is 11.3 Å². The van der Waals surface area contributed by atoms with Gasteiger partial charge < -0.3 is 9.32 Å². The van der Waals surface area contributed by atoms with Gasteiger partial charge in [-0.15, -0.1) is 0 Å². The van der Waals surface area contributed by atoms with E-state index >= 15 is 0 Å². The third-order valence-electron chi connectivity index (χ3n) is 10.1. The summed E-state index contributed by atoms with van der Waals surface area (Å²) in [6, 6.07) is 65.4. The maximum atomic E-state index is 6.67. The van der Waals surface area contributed by atoms with Crippen molar-refractivity contribution in [3.63, 3.8) is 0 Å². The Morgan fingerprint density at radius 2 is 0.981 bits per heavy atom. The van der Waals surface area contributed by atoms with Crippen molar-refractivity contribution in [3.05, 3.63) is 188 Å². The smallest absolute Gasteiger partial charge is 0.139 e. The molecule has 9 rings (SSSR count). The van der Waals surface area contributed by atoms with Crippen molar-refractivity contribution in [2.24, 2.45) is 0 Å². The fraction of sp³-hybridized carbons (Fsp3) is 0.0800. The Balaban J connectivity index is 1.23. The Morgan fingerprint density at radius 3 is 1.73 bits per heavy atom. The Labute approximate surface area is 305 Å². The summed E-state index contributed by atoms with van der Waals surface area (Å²) >= 11 is 0. The number of para-hydroxylation sites is 1. The van der Waals surface area contributed by atoms with Crippen molar-refractivity contribution < 1.29 is 4.42 Å². The van der Waals surface area contributed by atoms with Gasteiger partial charge >= 0.3 is 0 Å². The van der Waals surface area contributed by atoms with Crippen LogP contribution in [0.15, 0.2) is 186 Å². The van der Waals surface area contributed by atoms with Gasteiger partial charge in [0.2, 0.25) is 0 Å². The van der Waals surface area contributed by atoms with Crippen molar-refractivity contribution in [2.45, 2.75) is 26.2 Å². The second kappa shape index (κ2) is 12.7. The molecule has 0 atom stereocenters. The third-order valence-corrected chi connectivity index (χ3v) is 10.1. The number of anilines is 3. The van der Waals surface area contributed by atoms with Crippen LogP contribution in [0, 0.1) is 0 Å². The fourth-order valence-electron chi connectivity index (χ4n) is 7.74. The van der Waals surface area contributed by atoms with Gasteiger partial charge in [0.25, 0.3) is 0 Å². The van der Waals surface area contributed by atoms with Gasteiger partial charge in [0.15, 0.2) is 0 Å². The van der Waals surface area contributed by atoms with E-state index in [0.717, 1.165) is 34.0 Å². The fourth-order valence-corrected chi connectivity index (χ4v) is 7.74. The van der Waals surface area contributed by atoms with Crippen LogP contribution >= 0.6 is 0 Å². The highest BCUT2D eigenvalue weighted by atomic mass is 16.3. The van der Waals surface area contributed by atoms with E-state index < -0.39 is 0 Å². The number of nitrogens with zero attached hydrogens (tertiary/aromatic N) is 1. The van der Waals surface area contributed by atoms with Crippen LogP contribution in [-0.2, 0) is 5.41 Å². The number of fused-ring (bicyclic) bond motifs is 4. The lowest BCUT2D eigenvalue weighted by Gasteiger charge is -2.28. The lowest BCUT2D eigenvalue weighted by molar-refractivity contribution is 0.568. The predicted octanol–water partition coefficient (Wildman–Crippen LogP) is 14.5. The number of hydrogen-bond acceptors (Lipinski definition) is 2. The minimum Gasteiger partial charge on any atom is -0.456 e. The Bertz CT molecular complexity index is 2710. The van der Waals surface area contributed by atoms with Gasteiger partial charge in [-0.3, -0.25) is 0 Å². The van der Waals surface area contributed by atoms with Crippen molar-refractivity contribution >= 4 is 49.6 Å². The standard InChI is InChI=1S/C50H39NO/c1-50(2,3)48-45-25-11-12-26-47(45)52-49(48)39-20-14-21-41(32-39)51(46-33-38-17-7-8-22-42(38)43-23-9-10-24-44(43)46)40-29-27-35(28-30-40)37-19-13-18-36(31-37)34-15-5-4-6-16-34/h4-33H,1-3H3. The lowest BCUT2D eigenvalue weighted by Crippen LogP contribution is -2.12. The third kappa shape index (κ3) is 5.63. The molecule has 8 aromatic carbocycles. The molecule has 0 saturated heterocycles. The highest BCUT2D eigenvalue weighted by molar-refractivity contribution is 6.14. The van der Waals surface area contributed by atoms with Crippen molar-refractivity contribution in [1.82, 2.24) is 0 Å². The highest BCUT2D eigenvalue weighted by Crippen LogP contribution is 2.45. The molecule has 250 valence electrons. The van der Waals surface area contributed by atoms with Gasteiger partial charge in [-0.05, 0) is 86.3 Å².